The van der Waals surface area contributed by atoms with Gasteiger partial charge in [-0.3, -0.25) is 9.69 Å². The van der Waals surface area contributed by atoms with Crippen LogP contribution >= 0.6 is 11.3 Å². The summed E-state index contributed by atoms with van der Waals surface area (Å²) in [4.78, 5) is 16.9. The van der Waals surface area contributed by atoms with E-state index in [9.17, 15) is 9.18 Å². The van der Waals surface area contributed by atoms with Crippen LogP contribution in [0.2, 0.25) is 0 Å². The van der Waals surface area contributed by atoms with Crippen LogP contribution in [-0.2, 0) is 17.9 Å². The van der Waals surface area contributed by atoms with Gasteiger partial charge < -0.3 is 4.90 Å². The molecule has 0 saturated carbocycles. The first-order valence-corrected chi connectivity index (χ1v) is 8.90. The molecule has 2 aliphatic rings. The highest BCUT2D eigenvalue weighted by molar-refractivity contribution is 7.07. The minimum Gasteiger partial charge on any atom is -0.338 e. The number of carbonyl (C=O) groups is 1. The van der Waals surface area contributed by atoms with Crippen molar-refractivity contribution in [2.24, 2.45) is 11.8 Å². The predicted molar refractivity (Wildman–Crippen MR) is 88.4 cm³/mol. The topological polar surface area (TPSA) is 23.6 Å². The third kappa shape index (κ3) is 3.03. The zero-order chi connectivity index (χ0) is 15.8. The molecule has 0 bridgehead atoms. The van der Waals surface area contributed by atoms with E-state index in [2.05, 4.69) is 21.7 Å². The summed E-state index contributed by atoms with van der Waals surface area (Å²) in [5.41, 5.74) is 2.20. The predicted octanol–water partition coefficient (Wildman–Crippen LogP) is 2.98. The van der Waals surface area contributed by atoms with E-state index in [1.807, 2.05) is 11.0 Å². The van der Waals surface area contributed by atoms with E-state index < -0.39 is 0 Å². The van der Waals surface area contributed by atoms with Crippen LogP contribution < -0.4 is 0 Å². The van der Waals surface area contributed by atoms with Crippen LogP contribution in [0.5, 0.6) is 0 Å². The Morgan fingerprint density at radius 2 is 2.04 bits per heavy atom. The summed E-state index contributed by atoms with van der Waals surface area (Å²) >= 11 is 1.72. The summed E-state index contributed by atoms with van der Waals surface area (Å²) in [5.74, 6) is 0.514. The summed E-state index contributed by atoms with van der Waals surface area (Å²) < 4.78 is 13.3. The molecule has 1 aromatic carbocycles. The first kappa shape index (κ1) is 14.8. The number of amides is 1. The molecule has 2 fully saturated rings. The van der Waals surface area contributed by atoms with Gasteiger partial charge in [-0.25, -0.2) is 4.39 Å². The standard InChI is InChI=1S/C18H19FN2OS/c19-16-3-1-2-13(6-16)8-21-10-15-9-20(11-17(15)18(21)22)7-14-4-5-23-12-14/h1-6,12,15,17H,7-11H2/t15-,17-/m1/s1. The molecular formula is C18H19FN2OS. The Kier molecular flexibility index (Phi) is 3.91. The number of hydrogen-bond acceptors (Lipinski definition) is 3. The second-order valence-corrected chi connectivity index (χ2v) is 7.32. The van der Waals surface area contributed by atoms with Crippen LogP contribution in [-0.4, -0.2) is 35.3 Å². The quantitative estimate of drug-likeness (QED) is 0.860. The van der Waals surface area contributed by atoms with E-state index in [4.69, 9.17) is 0 Å². The Hall–Kier alpha value is -1.72. The van der Waals surface area contributed by atoms with Gasteiger partial charge in [-0.15, -0.1) is 0 Å². The number of thiophene rings is 1. The zero-order valence-electron chi connectivity index (χ0n) is 12.8. The van der Waals surface area contributed by atoms with Crippen molar-refractivity contribution in [3.05, 3.63) is 58.0 Å². The van der Waals surface area contributed by atoms with Crippen molar-refractivity contribution >= 4 is 17.2 Å². The Balaban J connectivity index is 1.38. The average molecular weight is 330 g/mol. The van der Waals surface area contributed by atoms with E-state index in [1.165, 1.54) is 17.7 Å². The van der Waals surface area contributed by atoms with Gasteiger partial charge in [0.25, 0.3) is 0 Å². The Bertz CT molecular complexity index is 703. The molecule has 0 unspecified atom stereocenters. The molecule has 0 aliphatic carbocycles. The average Bonchev–Trinajstić information content (AvgIpc) is 3.21. The summed E-state index contributed by atoms with van der Waals surface area (Å²) in [5, 5.41) is 4.27. The van der Waals surface area contributed by atoms with Crippen LogP contribution in [0.25, 0.3) is 0 Å². The first-order chi connectivity index (χ1) is 11.2. The van der Waals surface area contributed by atoms with Gasteiger partial charge in [0.05, 0.1) is 5.92 Å². The lowest BCUT2D eigenvalue weighted by Gasteiger charge is -2.21. The number of nitrogens with zero attached hydrogens (tertiary/aromatic N) is 2. The van der Waals surface area contributed by atoms with Crippen molar-refractivity contribution < 1.29 is 9.18 Å². The van der Waals surface area contributed by atoms with Gasteiger partial charge >= 0.3 is 0 Å². The maximum Gasteiger partial charge on any atom is 0.227 e. The second-order valence-electron chi connectivity index (χ2n) is 6.54. The van der Waals surface area contributed by atoms with Crippen LogP contribution in [0.4, 0.5) is 4.39 Å². The smallest absolute Gasteiger partial charge is 0.227 e. The van der Waals surface area contributed by atoms with Crippen molar-refractivity contribution in [1.29, 1.82) is 0 Å². The fourth-order valence-electron chi connectivity index (χ4n) is 3.80. The lowest BCUT2D eigenvalue weighted by Crippen LogP contribution is -2.32. The number of halogens is 1. The number of hydrogen-bond donors (Lipinski definition) is 0. The molecule has 23 heavy (non-hydrogen) atoms. The molecule has 0 spiro atoms. The number of likely N-dealkylation sites (tertiary alicyclic amines) is 2. The maximum absolute atomic E-state index is 13.3. The van der Waals surface area contributed by atoms with Crippen LogP contribution in [0.15, 0.2) is 41.1 Å². The number of rotatable bonds is 4. The Morgan fingerprint density at radius 3 is 2.78 bits per heavy atom. The lowest BCUT2D eigenvalue weighted by molar-refractivity contribution is -0.131. The van der Waals surface area contributed by atoms with E-state index in [0.29, 0.717) is 12.5 Å². The highest BCUT2D eigenvalue weighted by atomic mass is 32.1. The molecule has 1 aromatic heterocycles. The third-order valence-electron chi connectivity index (χ3n) is 4.85. The molecule has 4 rings (SSSR count). The van der Waals surface area contributed by atoms with Crippen LogP contribution in [0, 0.1) is 17.7 Å². The molecule has 2 saturated heterocycles. The largest absolute Gasteiger partial charge is 0.338 e. The van der Waals surface area contributed by atoms with E-state index in [1.54, 1.807) is 17.4 Å². The van der Waals surface area contributed by atoms with Gasteiger partial charge in [0, 0.05) is 38.6 Å². The molecule has 0 radical (unpaired) electrons. The van der Waals surface area contributed by atoms with Crippen LogP contribution in [0.1, 0.15) is 11.1 Å². The third-order valence-corrected chi connectivity index (χ3v) is 5.58. The van der Waals surface area contributed by atoms with Crippen molar-refractivity contribution in [1.82, 2.24) is 9.80 Å². The molecule has 120 valence electrons. The van der Waals surface area contributed by atoms with Crippen LogP contribution in [0.3, 0.4) is 0 Å². The summed E-state index contributed by atoms with van der Waals surface area (Å²) in [6, 6.07) is 8.69. The van der Waals surface area contributed by atoms with Gasteiger partial charge in [0.1, 0.15) is 5.82 Å². The van der Waals surface area contributed by atoms with Crippen molar-refractivity contribution in [3.63, 3.8) is 0 Å². The molecule has 3 heterocycles. The monoisotopic (exact) mass is 330 g/mol. The second kappa shape index (κ2) is 6.06. The van der Waals surface area contributed by atoms with Crippen molar-refractivity contribution in [2.75, 3.05) is 19.6 Å². The van der Waals surface area contributed by atoms with E-state index in [-0.39, 0.29) is 17.6 Å². The minimum atomic E-state index is -0.240. The molecule has 1 amide bonds. The van der Waals surface area contributed by atoms with Crippen molar-refractivity contribution in [3.8, 4) is 0 Å². The minimum absolute atomic E-state index is 0.113. The Labute approximate surface area is 139 Å². The van der Waals surface area contributed by atoms with E-state index in [0.717, 1.165) is 31.7 Å². The maximum atomic E-state index is 13.3. The summed E-state index contributed by atoms with van der Waals surface area (Å²) in [6.45, 7) is 4.08. The van der Waals surface area contributed by atoms with Gasteiger partial charge in [-0.2, -0.15) is 11.3 Å². The van der Waals surface area contributed by atoms with Gasteiger partial charge in [-0.05, 0) is 40.1 Å². The zero-order valence-corrected chi connectivity index (χ0v) is 13.6. The highest BCUT2D eigenvalue weighted by Gasteiger charge is 2.45. The molecule has 2 aromatic rings. The normalized spacial score (nSPS) is 24.4. The summed E-state index contributed by atoms with van der Waals surface area (Å²) in [6.07, 6.45) is 0. The SMILES string of the molecule is O=C1[C@@H]2CN(Cc3ccsc3)C[C@@H]2CN1Cc1cccc(F)c1. The fourth-order valence-corrected chi connectivity index (χ4v) is 4.46. The van der Waals surface area contributed by atoms with Gasteiger partial charge in [-0.1, -0.05) is 12.1 Å². The molecule has 0 N–H and O–H groups in total. The number of carbonyl (C=O) groups excluding carboxylic acids is 1. The lowest BCUT2D eigenvalue weighted by atomic mass is 10.0. The molecular weight excluding hydrogens is 311 g/mol. The van der Waals surface area contributed by atoms with Gasteiger partial charge in [0.2, 0.25) is 5.91 Å². The highest BCUT2D eigenvalue weighted by Crippen LogP contribution is 2.34. The first-order valence-electron chi connectivity index (χ1n) is 7.96. The molecule has 2 aliphatic heterocycles. The fraction of sp³-hybridized carbons (Fsp3) is 0.389. The number of benzene rings is 1. The van der Waals surface area contributed by atoms with Crippen molar-refractivity contribution in [2.45, 2.75) is 13.1 Å². The summed E-state index contributed by atoms with van der Waals surface area (Å²) in [7, 11) is 0. The van der Waals surface area contributed by atoms with E-state index >= 15 is 0 Å². The molecule has 5 heteroatoms. The molecule has 3 nitrogen and oxygen atoms in total. The molecule has 2 atom stereocenters. The van der Waals surface area contributed by atoms with Gasteiger partial charge in [0.15, 0.2) is 0 Å². The Morgan fingerprint density at radius 1 is 1.13 bits per heavy atom. The number of fused-ring (bicyclic) bond motifs is 1.